The quantitative estimate of drug-likeness (QED) is 0.0482. The Morgan fingerprint density at radius 1 is 0.558 bits per heavy atom. The first-order valence-electron chi connectivity index (χ1n) is 30.8. The molecule has 10 rings (SSSR count). The van der Waals surface area contributed by atoms with Crippen molar-refractivity contribution in [1.29, 1.82) is 0 Å². The highest BCUT2D eigenvalue weighted by Gasteiger charge is 2.72. The highest BCUT2D eigenvalue weighted by atomic mass is 16.8. The van der Waals surface area contributed by atoms with Crippen molar-refractivity contribution in [2.24, 2.45) is 50.7 Å². The Hall–Kier alpha value is -1.79. The van der Waals surface area contributed by atoms with Crippen LogP contribution in [0.4, 0.5) is 0 Å². The van der Waals surface area contributed by atoms with Crippen LogP contribution >= 0.6 is 0 Å². The summed E-state index contributed by atoms with van der Waals surface area (Å²) in [5.41, 5.74) is -3.46. The van der Waals surface area contributed by atoms with Crippen molar-refractivity contribution >= 4 is 5.97 Å². The van der Waals surface area contributed by atoms with E-state index >= 15 is 0 Å². The van der Waals surface area contributed by atoms with E-state index in [1.807, 2.05) is 6.92 Å². The molecule has 5 aliphatic heterocycles. The van der Waals surface area contributed by atoms with Gasteiger partial charge in [-0.15, -0.1) is 0 Å². The lowest BCUT2D eigenvalue weighted by Gasteiger charge is -2.72. The standard InChI is InChI=1S/C59H96O27/c1-23-11-16-59(53(75)86-51-44(74)39(69)35(65)28(20-61)81-51)18-17-56(6)25(47(59)58(23,8)76)9-10-31-55(5)14-13-32(54(3,4)30(55)12-15-57(31,56)7)83-52-46(85-49-42(72)37(67)33(63)24(2)79-49)45(26(62)21-77-52)84-50-43(73)40(70)36(66)29(82-50)22-78-48-41(71)38(68)34(64)27(19-60)80-48/h9,23-24,26-52,60-74,76H,10-22H2,1-8H3/t23-,24+,26+,27-,28-,29-,30+,31-,32+,33+,34-,35-,36-,37-,38+,39+,40+,41-,42-,43-,44-,45+,46-,47-,48-,49+,50+,51+,52+,55+,56-,57-,58-,59+/m1/s1. The number of carbonyl (C=O) groups is 1. The van der Waals surface area contributed by atoms with Gasteiger partial charge in [-0.05, 0) is 111 Å². The first kappa shape index (κ1) is 67.1. The van der Waals surface area contributed by atoms with Crippen LogP contribution in [0, 0.1) is 50.7 Å². The molecule has 86 heavy (non-hydrogen) atoms. The summed E-state index contributed by atoms with van der Waals surface area (Å²) in [5.74, 6) is -1.49. The average Bonchev–Trinajstić information content (AvgIpc) is 0.677. The maximum Gasteiger partial charge on any atom is 0.315 e. The van der Waals surface area contributed by atoms with Crippen LogP contribution in [0.25, 0.3) is 0 Å². The van der Waals surface area contributed by atoms with Crippen molar-refractivity contribution in [1.82, 2.24) is 0 Å². The molecule has 16 N–H and O–H groups in total. The van der Waals surface area contributed by atoms with Crippen LogP contribution < -0.4 is 0 Å². The van der Waals surface area contributed by atoms with Gasteiger partial charge in [0.25, 0.3) is 0 Å². The Kier molecular flexibility index (Phi) is 19.2. The van der Waals surface area contributed by atoms with Crippen molar-refractivity contribution in [3.8, 4) is 0 Å². The van der Waals surface area contributed by atoms with E-state index in [4.69, 9.17) is 47.4 Å². The Balaban J connectivity index is 0.897. The van der Waals surface area contributed by atoms with E-state index in [1.54, 1.807) is 6.92 Å². The molecule has 10 aliphatic rings. The number of aliphatic hydroxyl groups excluding tert-OH is 15. The second-order valence-electron chi connectivity index (χ2n) is 28.3. The Bertz CT molecular complexity index is 2400. The summed E-state index contributed by atoms with van der Waals surface area (Å²) < 4.78 is 60.6. The lowest BCUT2D eigenvalue weighted by molar-refractivity contribution is -0.390. The van der Waals surface area contributed by atoms with Gasteiger partial charge in [0.15, 0.2) is 25.2 Å². The number of carbonyl (C=O) groups excluding carboxylic acids is 1. The first-order valence-corrected chi connectivity index (χ1v) is 30.8. The van der Waals surface area contributed by atoms with E-state index in [-0.39, 0.29) is 28.6 Å². The predicted octanol–water partition coefficient (Wildman–Crippen LogP) is -3.57. The maximum absolute atomic E-state index is 14.9. The van der Waals surface area contributed by atoms with Crippen molar-refractivity contribution in [2.75, 3.05) is 26.4 Å². The molecule has 0 bridgehead atoms. The normalized spacial score (nSPS) is 55.6. The lowest BCUT2D eigenvalue weighted by atomic mass is 9.33. The molecule has 4 saturated carbocycles. The third-order valence-corrected chi connectivity index (χ3v) is 23.5. The molecule has 5 aliphatic carbocycles. The predicted molar refractivity (Wildman–Crippen MR) is 289 cm³/mol. The molecule has 0 unspecified atom stereocenters. The number of allylic oxidation sites excluding steroid dienone is 1. The third-order valence-electron chi connectivity index (χ3n) is 23.5. The van der Waals surface area contributed by atoms with Gasteiger partial charge in [-0.1, -0.05) is 53.2 Å². The molecule has 5 heterocycles. The van der Waals surface area contributed by atoms with Crippen LogP contribution in [0.15, 0.2) is 11.6 Å². The Morgan fingerprint density at radius 2 is 1.10 bits per heavy atom. The fourth-order valence-electron chi connectivity index (χ4n) is 17.8. The zero-order valence-corrected chi connectivity index (χ0v) is 50.2. The van der Waals surface area contributed by atoms with Crippen LogP contribution in [-0.2, 0) is 52.2 Å². The van der Waals surface area contributed by atoms with E-state index in [2.05, 4.69) is 40.7 Å². The Morgan fingerprint density at radius 3 is 1.73 bits per heavy atom. The van der Waals surface area contributed by atoms with E-state index in [1.165, 1.54) is 6.92 Å². The van der Waals surface area contributed by atoms with Gasteiger partial charge < -0.3 is 129 Å². The minimum Gasteiger partial charge on any atom is -0.432 e. The summed E-state index contributed by atoms with van der Waals surface area (Å²) in [6, 6.07) is 0. The molecule has 34 atom stereocenters. The van der Waals surface area contributed by atoms with E-state index < -0.39 is 214 Å². The molecule has 494 valence electrons. The van der Waals surface area contributed by atoms with Gasteiger partial charge in [-0.2, -0.15) is 0 Å². The van der Waals surface area contributed by atoms with Gasteiger partial charge in [0.05, 0.1) is 49.7 Å². The summed E-state index contributed by atoms with van der Waals surface area (Å²) in [6.07, 6.45) is -33.1. The molecule has 0 radical (unpaired) electrons. The Labute approximate surface area is 499 Å². The second kappa shape index (κ2) is 24.6. The summed E-state index contributed by atoms with van der Waals surface area (Å²) in [6.45, 7) is 13.8. The van der Waals surface area contributed by atoms with Gasteiger partial charge in [-0.25, -0.2) is 0 Å². The van der Waals surface area contributed by atoms with Crippen LogP contribution in [0.1, 0.15) is 113 Å². The summed E-state index contributed by atoms with van der Waals surface area (Å²) >= 11 is 0. The molecule has 0 aromatic rings. The number of esters is 1. The largest absolute Gasteiger partial charge is 0.432 e. The SMILES string of the molecule is C[C@@H]1O[C@@H](O[C@H]2[C@H](O[C@H]3CC[C@]4(C)[C@H]5CC=C6[C@H]7[C@](C(=O)O[C@@H]8O[C@H](CO)[C@@H](O)[C@H](O)[C@H]8O)(CC[C@@H](C)[C@@]7(C)O)CC[C@@]6(C)[C@]5(C)CC[C@H]4C3(C)C)OC[C@H](O)[C@@H]2O[C@@H]2O[C@H](CO[C@@H]3O[C@H](CO)[C@@H](O)[C@H](O)[C@H]3O)[C@@H](O)[C@H](O)[C@H]2O)[C@H](O)[C@H](O)[C@H]1O. The summed E-state index contributed by atoms with van der Waals surface area (Å²) in [7, 11) is 0. The molecular formula is C59H96O27. The van der Waals surface area contributed by atoms with Gasteiger partial charge in [-0.3, -0.25) is 4.79 Å². The molecule has 0 spiro atoms. The third kappa shape index (κ3) is 10.9. The fraction of sp³-hybridized carbons (Fsp3) is 0.949. The van der Waals surface area contributed by atoms with Crippen LogP contribution in [0.3, 0.4) is 0 Å². The first-order chi connectivity index (χ1) is 40.2. The molecule has 0 amide bonds. The number of ether oxygens (including phenoxy) is 10. The van der Waals surface area contributed by atoms with Gasteiger partial charge in [0.2, 0.25) is 6.29 Å². The highest BCUT2D eigenvalue weighted by Crippen LogP contribution is 2.76. The number of hydrogen-bond acceptors (Lipinski definition) is 27. The van der Waals surface area contributed by atoms with Crippen molar-refractivity contribution < 1.29 is 134 Å². The second-order valence-corrected chi connectivity index (χ2v) is 28.3. The molecule has 9 fully saturated rings. The van der Waals surface area contributed by atoms with Crippen LogP contribution in [0.2, 0.25) is 0 Å². The lowest BCUT2D eigenvalue weighted by Crippen LogP contribution is -2.68. The maximum atomic E-state index is 14.9. The fourth-order valence-corrected chi connectivity index (χ4v) is 17.8. The van der Waals surface area contributed by atoms with Crippen LogP contribution in [0.5, 0.6) is 0 Å². The minimum absolute atomic E-state index is 0.0155. The molecule has 27 nitrogen and oxygen atoms in total. The van der Waals surface area contributed by atoms with Crippen molar-refractivity contribution in [3.63, 3.8) is 0 Å². The zero-order chi connectivity index (χ0) is 62.9. The molecule has 5 saturated heterocycles. The number of fused-ring (bicyclic) bond motifs is 7. The van der Waals surface area contributed by atoms with E-state index in [9.17, 15) is 86.5 Å². The van der Waals surface area contributed by atoms with Crippen molar-refractivity contribution in [3.05, 3.63) is 11.6 Å². The summed E-state index contributed by atoms with van der Waals surface area (Å²) in [4.78, 5) is 14.9. The average molecular weight is 1240 g/mol. The number of aliphatic hydroxyl groups is 16. The monoisotopic (exact) mass is 1240 g/mol. The van der Waals surface area contributed by atoms with E-state index in [0.717, 1.165) is 18.4 Å². The topological polar surface area (TPSA) is 433 Å². The molecule has 27 heteroatoms. The van der Waals surface area contributed by atoms with E-state index in [0.29, 0.717) is 44.9 Å². The molecular weight excluding hydrogens is 1140 g/mol. The summed E-state index contributed by atoms with van der Waals surface area (Å²) in [5, 5.41) is 174. The van der Waals surface area contributed by atoms with Crippen molar-refractivity contribution in [2.45, 2.75) is 272 Å². The number of rotatable bonds is 13. The van der Waals surface area contributed by atoms with Gasteiger partial charge in [0, 0.05) is 5.92 Å². The smallest absolute Gasteiger partial charge is 0.315 e. The molecule has 0 aromatic carbocycles. The van der Waals surface area contributed by atoms with Gasteiger partial charge >= 0.3 is 5.97 Å². The molecule has 0 aromatic heterocycles. The number of hydrogen-bond donors (Lipinski definition) is 16. The zero-order valence-electron chi connectivity index (χ0n) is 50.2. The highest BCUT2D eigenvalue weighted by molar-refractivity contribution is 5.79. The minimum atomic E-state index is -1.99. The van der Waals surface area contributed by atoms with Gasteiger partial charge in [0.1, 0.15) is 110 Å². The van der Waals surface area contributed by atoms with Crippen LogP contribution in [-0.4, -0.2) is 273 Å².